The molecule has 0 fully saturated rings. The summed E-state index contributed by atoms with van der Waals surface area (Å²) in [6.07, 6.45) is 1.49. The minimum atomic E-state index is 0.0394. The highest BCUT2D eigenvalue weighted by Gasteiger charge is 2.00. The molecule has 0 aromatic heterocycles. The second kappa shape index (κ2) is 1.86. The Hall–Kier alpha value is -0.990. The van der Waals surface area contributed by atoms with Crippen LogP contribution in [0.25, 0.3) is 0 Å². The van der Waals surface area contributed by atoms with Crippen LogP contribution in [0.15, 0.2) is 22.0 Å². The van der Waals surface area contributed by atoms with Gasteiger partial charge in [-0.15, -0.1) is 0 Å². The first-order chi connectivity index (χ1) is 3.79. The number of ketones is 1. The predicted molar refractivity (Wildman–Crippen MR) is 28.5 cm³/mol. The number of hydrogen-bond donors (Lipinski definition) is 0. The maximum atomic E-state index is 10.4. The van der Waals surface area contributed by atoms with E-state index < -0.39 is 0 Å². The molecule has 0 aromatic carbocycles. The topological polar surface area (TPSA) is 41.8 Å². The van der Waals surface area contributed by atoms with Crippen LogP contribution < -0.4 is 0 Å². The second-order valence-electron chi connectivity index (χ2n) is 1.65. The van der Waals surface area contributed by atoms with Gasteiger partial charge in [0.05, 0.1) is 5.70 Å². The lowest BCUT2D eigenvalue weighted by Crippen LogP contribution is -2.00. The summed E-state index contributed by atoms with van der Waals surface area (Å²) in [6.45, 7) is 1.97. The van der Waals surface area contributed by atoms with E-state index in [9.17, 15) is 4.79 Å². The van der Waals surface area contributed by atoms with Crippen LogP contribution in [0, 0.1) is 0 Å². The molecule has 8 heavy (non-hydrogen) atoms. The van der Waals surface area contributed by atoms with Crippen molar-refractivity contribution in [3.8, 4) is 0 Å². The zero-order valence-electron chi connectivity index (χ0n) is 4.59. The maximum Gasteiger partial charge on any atom is 0.180 e. The van der Waals surface area contributed by atoms with Gasteiger partial charge in [0, 0.05) is 6.08 Å². The summed E-state index contributed by atoms with van der Waals surface area (Å²) < 4.78 is 0. The first kappa shape index (κ1) is 5.15. The Kier molecular flexibility index (Phi) is 1.20. The van der Waals surface area contributed by atoms with E-state index in [0.29, 0.717) is 5.70 Å². The number of azo groups is 1. The maximum absolute atomic E-state index is 10.4. The molecule has 3 heteroatoms. The van der Waals surface area contributed by atoms with E-state index in [2.05, 4.69) is 10.2 Å². The average Bonchev–Trinajstić information content (AvgIpc) is 1.64. The van der Waals surface area contributed by atoms with Gasteiger partial charge in [0.2, 0.25) is 0 Å². The van der Waals surface area contributed by atoms with E-state index in [1.54, 1.807) is 6.92 Å². The number of nitrogens with zero attached hydrogens (tertiary/aromatic N) is 2. The number of carbonyl (C=O) groups excluding carboxylic acids is 1. The van der Waals surface area contributed by atoms with Crippen molar-refractivity contribution in [2.75, 3.05) is 6.54 Å². The van der Waals surface area contributed by atoms with Crippen molar-refractivity contribution in [1.82, 2.24) is 0 Å². The minimum Gasteiger partial charge on any atom is -0.293 e. The van der Waals surface area contributed by atoms with Crippen LogP contribution in [0.1, 0.15) is 6.92 Å². The molecule has 0 N–H and O–H groups in total. The van der Waals surface area contributed by atoms with E-state index in [1.165, 1.54) is 6.08 Å². The summed E-state index contributed by atoms with van der Waals surface area (Å²) in [5.41, 5.74) is 0.696. The van der Waals surface area contributed by atoms with E-state index >= 15 is 0 Å². The molecule has 0 bridgehead atoms. The molecular formula is C5H6N2O. The molecule has 0 radical (unpaired) electrons. The SMILES string of the molecule is CC1=CC(=O)CN=N1. The largest absolute Gasteiger partial charge is 0.293 e. The molecule has 0 saturated carbocycles. The van der Waals surface area contributed by atoms with Gasteiger partial charge in [-0.25, -0.2) is 0 Å². The molecule has 1 heterocycles. The van der Waals surface area contributed by atoms with Crippen molar-refractivity contribution in [2.24, 2.45) is 10.2 Å². The first-order valence-corrected chi connectivity index (χ1v) is 2.37. The normalized spacial score (nSPS) is 18.6. The lowest BCUT2D eigenvalue weighted by Gasteiger charge is -1.94. The predicted octanol–water partition coefficient (Wildman–Crippen LogP) is 0.925. The minimum absolute atomic E-state index is 0.0394. The fraction of sp³-hybridized carbons (Fsp3) is 0.400. The Labute approximate surface area is 47.1 Å². The molecule has 0 aliphatic carbocycles. The second-order valence-corrected chi connectivity index (χ2v) is 1.65. The van der Waals surface area contributed by atoms with Crippen LogP contribution in [-0.2, 0) is 4.79 Å². The van der Waals surface area contributed by atoms with Crippen LogP contribution in [0.3, 0.4) is 0 Å². The van der Waals surface area contributed by atoms with Gasteiger partial charge >= 0.3 is 0 Å². The van der Waals surface area contributed by atoms with E-state index in [0.717, 1.165) is 0 Å². The van der Waals surface area contributed by atoms with Crippen molar-refractivity contribution in [3.05, 3.63) is 11.8 Å². The van der Waals surface area contributed by atoms with Crippen molar-refractivity contribution in [3.63, 3.8) is 0 Å². The number of rotatable bonds is 0. The van der Waals surface area contributed by atoms with E-state index in [4.69, 9.17) is 0 Å². The van der Waals surface area contributed by atoms with Crippen molar-refractivity contribution in [1.29, 1.82) is 0 Å². The third-order valence-electron chi connectivity index (χ3n) is 0.825. The van der Waals surface area contributed by atoms with Gasteiger partial charge < -0.3 is 0 Å². The number of carbonyl (C=O) groups is 1. The first-order valence-electron chi connectivity index (χ1n) is 2.37. The van der Waals surface area contributed by atoms with Crippen LogP contribution in [-0.4, -0.2) is 12.3 Å². The third-order valence-corrected chi connectivity index (χ3v) is 0.825. The van der Waals surface area contributed by atoms with Crippen LogP contribution >= 0.6 is 0 Å². The van der Waals surface area contributed by atoms with Crippen molar-refractivity contribution < 1.29 is 4.79 Å². The fourth-order valence-electron chi connectivity index (χ4n) is 0.524. The van der Waals surface area contributed by atoms with Gasteiger partial charge in [-0.1, -0.05) is 0 Å². The van der Waals surface area contributed by atoms with Gasteiger partial charge in [-0.05, 0) is 6.92 Å². The zero-order chi connectivity index (χ0) is 5.98. The summed E-state index contributed by atoms with van der Waals surface area (Å²) in [6, 6.07) is 0. The smallest absolute Gasteiger partial charge is 0.180 e. The highest BCUT2D eigenvalue weighted by atomic mass is 16.1. The number of allylic oxidation sites excluding steroid dienone is 1. The summed E-state index contributed by atoms with van der Waals surface area (Å²) in [5.74, 6) is 0.0394. The summed E-state index contributed by atoms with van der Waals surface area (Å²) in [7, 11) is 0. The van der Waals surface area contributed by atoms with Gasteiger partial charge in [-0.3, -0.25) is 4.79 Å². The Bertz CT molecular complexity index is 169. The lowest BCUT2D eigenvalue weighted by molar-refractivity contribution is -0.113. The third kappa shape index (κ3) is 0.992. The van der Waals surface area contributed by atoms with Crippen molar-refractivity contribution >= 4 is 5.78 Å². The monoisotopic (exact) mass is 110 g/mol. The molecule has 3 nitrogen and oxygen atoms in total. The summed E-state index contributed by atoms with van der Waals surface area (Å²) in [5, 5.41) is 7.19. The summed E-state index contributed by atoms with van der Waals surface area (Å²) in [4.78, 5) is 10.4. The molecule has 0 amide bonds. The Balaban J connectivity index is 2.77. The molecule has 0 unspecified atom stereocenters. The average molecular weight is 110 g/mol. The highest BCUT2D eigenvalue weighted by Crippen LogP contribution is 2.00. The number of hydrogen-bond acceptors (Lipinski definition) is 3. The molecule has 0 aromatic rings. The molecular weight excluding hydrogens is 104 g/mol. The molecule has 42 valence electrons. The van der Waals surface area contributed by atoms with Crippen LogP contribution in [0.2, 0.25) is 0 Å². The molecule has 1 rings (SSSR count). The van der Waals surface area contributed by atoms with E-state index in [-0.39, 0.29) is 12.3 Å². The molecule has 0 atom stereocenters. The molecule has 0 saturated heterocycles. The molecule has 1 aliphatic heterocycles. The lowest BCUT2D eigenvalue weighted by atomic mass is 10.3. The van der Waals surface area contributed by atoms with Gasteiger partial charge in [0.25, 0.3) is 0 Å². The molecule has 1 aliphatic rings. The van der Waals surface area contributed by atoms with Crippen molar-refractivity contribution in [2.45, 2.75) is 6.92 Å². The standard InChI is InChI=1S/C5H6N2O/c1-4-2-5(8)3-6-7-4/h2H,3H2,1H3. The Morgan fingerprint density at radius 2 is 2.50 bits per heavy atom. The van der Waals surface area contributed by atoms with Crippen LogP contribution in [0.4, 0.5) is 0 Å². The Morgan fingerprint density at radius 1 is 1.75 bits per heavy atom. The van der Waals surface area contributed by atoms with Crippen LogP contribution in [0.5, 0.6) is 0 Å². The summed E-state index contributed by atoms with van der Waals surface area (Å²) >= 11 is 0. The Morgan fingerprint density at radius 3 is 2.88 bits per heavy atom. The highest BCUT2D eigenvalue weighted by molar-refractivity contribution is 5.92. The van der Waals surface area contributed by atoms with Gasteiger partial charge in [0.15, 0.2) is 5.78 Å². The van der Waals surface area contributed by atoms with Gasteiger partial charge in [-0.2, -0.15) is 10.2 Å². The fourth-order valence-corrected chi connectivity index (χ4v) is 0.524. The zero-order valence-corrected chi connectivity index (χ0v) is 4.59. The van der Waals surface area contributed by atoms with E-state index in [1.807, 2.05) is 0 Å². The molecule has 0 spiro atoms. The van der Waals surface area contributed by atoms with Gasteiger partial charge in [0.1, 0.15) is 6.54 Å². The quantitative estimate of drug-likeness (QED) is 0.457.